The Hall–Kier alpha value is -1.84. The molecule has 1 atom stereocenters. The number of ether oxygens (including phenoxy) is 1. The number of hydrogen-bond acceptors (Lipinski definition) is 3. The summed E-state index contributed by atoms with van der Waals surface area (Å²) in [6.07, 6.45) is 3.75. The maximum atomic E-state index is 12.0. The highest BCUT2D eigenvalue weighted by molar-refractivity contribution is 5.99. The molecule has 4 nitrogen and oxygen atoms in total. The quantitative estimate of drug-likeness (QED) is 0.819. The Morgan fingerprint density at radius 2 is 2.19 bits per heavy atom. The molecule has 4 heteroatoms. The van der Waals surface area contributed by atoms with Gasteiger partial charge < -0.3 is 10.1 Å². The molecule has 1 amide bonds. The summed E-state index contributed by atoms with van der Waals surface area (Å²) in [6, 6.07) is 5.50. The molecule has 1 aliphatic rings. The number of Topliss-reactive ketones (excluding diaryl/α,β-unsaturated/α-hetero) is 1. The van der Waals surface area contributed by atoms with Gasteiger partial charge in [-0.2, -0.15) is 0 Å². The van der Waals surface area contributed by atoms with Gasteiger partial charge in [-0.05, 0) is 32.3 Å². The van der Waals surface area contributed by atoms with Crippen LogP contribution < -0.4 is 10.1 Å². The highest BCUT2D eigenvalue weighted by atomic mass is 16.5. The van der Waals surface area contributed by atoms with Crippen molar-refractivity contribution >= 4 is 11.7 Å². The number of amides is 1. The Balaban J connectivity index is 2.04. The first-order chi connectivity index (χ1) is 10.1. The van der Waals surface area contributed by atoms with Crippen LogP contribution in [0.15, 0.2) is 18.2 Å². The molecule has 0 fully saturated rings. The number of unbranched alkanes of at least 4 members (excludes halogenated alkanes) is 1. The first kappa shape index (κ1) is 15.5. The van der Waals surface area contributed by atoms with Crippen LogP contribution in [0, 0.1) is 0 Å². The number of carbonyl (C=O) groups is 2. The predicted molar refractivity (Wildman–Crippen MR) is 81.7 cm³/mol. The van der Waals surface area contributed by atoms with Gasteiger partial charge in [0.1, 0.15) is 5.75 Å². The molecule has 0 bridgehead atoms. The average Bonchev–Trinajstić information content (AvgIpc) is 2.48. The van der Waals surface area contributed by atoms with Gasteiger partial charge in [0, 0.05) is 24.1 Å². The van der Waals surface area contributed by atoms with Gasteiger partial charge in [-0.25, -0.2) is 0 Å². The molecule has 1 aromatic rings. The van der Waals surface area contributed by atoms with Crippen molar-refractivity contribution in [3.05, 3.63) is 29.3 Å². The lowest BCUT2D eigenvalue weighted by Gasteiger charge is -2.21. The van der Waals surface area contributed by atoms with E-state index >= 15 is 0 Å². The monoisotopic (exact) mass is 289 g/mol. The van der Waals surface area contributed by atoms with Crippen LogP contribution in [0.5, 0.6) is 5.75 Å². The van der Waals surface area contributed by atoms with Crippen LogP contribution >= 0.6 is 0 Å². The van der Waals surface area contributed by atoms with Gasteiger partial charge in [-0.3, -0.25) is 9.59 Å². The van der Waals surface area contributed by atoms with Gasteiger partial charge in [0.05, 0.1) is 0 Å². The molecule has 1 aliphatic carbocycles. The number of carbonyl (C=O) groups excluding carboxylic acids is 2. The zero-order valence-corrected chi connectivity index (χ0v) is 12.8. The third kappa shape index (κ3) is 3.84. The van der Waals surface area contributed by atoms with Crippen LogP contribution in [0.3, 0.4) is 0 Å². The summed E-state index contributed by atoms with van der Waals surface area (Å²) in [5.41, 5.74) is 1.69. The van der Waals surface area contributed by atoms with Gasteiger partial charge in [0.15, 0.2) is 11.9 Å². The number of rotatable bonds is 6. The molecule has 0 saturated carbocycles. The molecule has 0 aliphatic heterocycles. The van der Waals surface area contributed by atoms with E-state index in [9.17, 15) is 9.59 Å². The molecule has 0 saturated heterocycles. The maximum absolute atomic E-state index is 12.0. The van der Waals surface area contributed by atoms with Crippen molar-refractivity contribution in [2.75, 3.05) is 6.54 Å². The SMILES string of the molecule is CCCCNC(=O)C(C)Oc1cccc2c1CCCC2=O. The molecular formula is C17H23NO3. The standard InChI is InChI=1S/C17H23NO3/c1-3-4-11-18-17(20)12(2)21-16-10-6-7-13-14(16)8-5-9-15(13)19/h6-7,10,12H,3-5,8-9,11H2,1-2H3,(H,18,20). The second kappa shape index (κ2) is 7.25. The predicted octanol–water partition coefficient (Wildman–Crippen LogP) is 2.89. The van der Waals surface area contributed by atoms with E-state index < -0.39 is 6.10 Å². The van der Waals surface area contributed by atoms with E-state index in [1.165, 1.54) is 0 Å². The van der Waals surface area contributed by atoms with E-state index in [0.717, 1.165) is 36.8 Å². The average molecular weight is 289 g/mol. The molecule has 1 aromatic carbocycles. The molecule has 0 aromatic heterocycles. The molecule has 21 heavy (non-hydrogen) atoms. The molecule has 1 N–H and O–H groups in total. The van der Waals surface area contributed by atoms with E-state index in [4.69, 9.17) is 4.74 Å². The molecule has 114 valence electrons. The third-order valence-electron chi connectivity index (χ3n) is 3.77. The Morgan fingerprint density at radius 1 is 1.38 bits per heavy atom. The van der Waals surface area contributed by atoms with E-state index in [1.807, 2.05) is 18.2 Å². The first-order valence-electron chi connectivity index (χ1n) is 7.73. The zero-order valence-electron chi connectivity index (χ0n) is 12.8. The molecule has 1 unspecified atom stereocenters. The summed E-state index contributed by atoms with van der Waals surface area (Å²) in [7, 11) is 0. The molecule has 0 heterocycles. The largest absolute Gasteiger partial charge is 0.481 e. The number of benzene rings is 1. The summed E-state index contributed by atoms with van der Waals surface area (Å²) in [5.74, 6) is 0.726. The Labute approximate surface area is 125 Å². The highest BCUT2D eigenvalue weighted by Crippen LogP contribution is 2.30. The van der Waals surface area contributed by atoms with Crippen LogP contribution in [-0.2, 0) is 11.2 Å². The molecule has 0 spiro atoms. The number of ketones is 1. The second-order valence-corrected chi connectivity index (χ2v) is 5.46. The van der Waals surface area contributed by atoms with Crippen molar-refractivity contribution in [1.29, 1.82) is 0 Å². The van der Waals surface area contributed by atoms with Crippen LogP contribution in [0.2, 0.25) is 0 Å². The number of hydrogen-bond donors (Lipinski definition) is 1. The Morgan fingerprint density at radius 3 is 2.95 bits per heavy atom. The molecule has 2 rings (SSSR count). The number of nitrogens with one attached hydrogen (secondary N) is 1. The van der Waals surface area contributed by atoms with E-state index in [1.54, 1.807) is 6.92 Å². The fourth-order valence-electron chi connectivity index (χ4n) is 2.53. The van der Waals surface area contributed by atoms with Crippen LogP contribution in [0.1, 0.15) is 55.5 Å². The number of fused-ring (bicyclic) bond motifs is 1. The van der Waals surface area contributed by atoms with Gasteiger partial charge >= 0.3 is 0 Å². The van der Waals surface area contributed by atoms with Gasteiger partial charge in [-0.1, -0.05) is 25.5 Å². The fourth-order valence-corrected chi connectivity index (χ4v) is 2.53. The van der Waals surface area contributed by atoms with Gasteiger partial charge in [-0.15, -0.1) is 0 Å². The minimum Gasteiger partial charge on any atom is -0.481 e. The topological polar surface area (TPSA) is 55.4 Å². The van der Waals surface area contributed by atoms with Crippen molar-refractivity contribution in [1.82, 2.24) is 5.32 Å². The van der Waals surface area contributed by atoms with Crippen molar-refractivity contribution in [2.45, 2.75) is 52.1 Å². The van der Waals surface area contributed by atoms with Crippen LogP contribution in [-0.4, -0.2) is 24.3 Å². The summed E-state index contributed by atoms with van der Waals surface area (Å²) >= 11 is 0. The minimum atomic E-state index is -0.551. The van der Waals surface area contributed by atoms with Crippen molar-refractivity contribution < 1.29 is 14.3 Å². The second-order valence-electron chi connectivity index (χ2n) is 5.46. The first-order valence-corrected chi connectivity index (χ1v) is 7.73. The van der Waals surface area contributed by atoms with Gasteiger partial charge in [0.2, 0.25) is 0 Å². The minimum absolute atomic E-state index is 0.108. The zero-order chi connectivity index (χ0) is 15.2. The van der Waals surface area contributed by atoms with Gasteiger partial charge in [0.25, 0.3) is 5.91 Å². The third-order valence-corrected chi connectivity index (χ3v) is 3.77. The lowest BCUT2D eigenvalue weighted by molar-refractivity contribution is -0.127. The van der Waals surface area contributed by atoms with Crippen molar-refractivity contribution in [3.8, 4) is 5.75 Å². The van der Waals surface area contributed by atoms with Crippen molar-refractivity contribution in [2.24, 2.45) is 0 Å². The molecule has 0 radical (unpaired) electrons. The van der Waals surface area contributed by atoms with Crippen molar-refractivity contribution in [3.63, 3.8) is 0 Å². The highest BCUT2D eigenvalue weighted by Gasteiger charge is 2.22. The normalized spacial score (nSPS) is 15.2. The summed E-state index contributed by atoms with van der Waals surface area (Å²) in [5, 5.41) is 2.86. The Bertz CT molecular complexity index is 525. The van der Waals surface area contributed by atoms with Crippen LogP contribution in [0.25, 0.3) is 0 Å². The lowest BCUT2D eigenvalue weighted by Crippen LogP contribution is -2.37. The maximum Gasteiger partial charge on any atom is 0.260 e. The lowest BCUT2D eigenvalue weighted by atomic mass is 9.90. The smallest absolute Gasteiger partial charge is 0.260 e. The summed E-state index contributed by atoms with van der Waals surface area (Å²) in [6.45, 7) is 4.50. The molecular weight excluding hydrogens is 266 g/mol. The van der Waals surface area contributed by atoms with E-state index in [0.29, 0.717) is 18.7 Å². The van der Waals surface area contributed by atoms with E-state index in [2.05, 4.69) is 12.2 Å². The summed E-state index contributed by atoms with van der Waals surface area (Å²) in [4.78, 5) is 23.8. The Kier molecular flexibility index (Phi) is 5.37. The fraction of sp³-hybridized carbons (Fsp3) is 0.529. The van der Waals surface area contributed by atoms with E-state index in [-0.39, 0.29) is 11.7 Å². The summed E-state index contributed by atoms with van der Waals surface area (Å²) < 4.78 is 5.79. The van der Waals surface area contributed by atoms with Crippen LogP contribution in [0.4, 0.5) is 0 Å².